The molecule has 0 amide bonds. The maximum atomic E-state index is 14.9. The van der Waals surface area contributed by atoms with Gasteiger partial charge in [-0.05, 0) is 73.9 Å². The molecule has 3 aromatic rings. The topological polar surface area (TPSA) is 37.3 Å². The molecule has 1 heterocycles. The van der Waals surface area contributed by atoms with E-state index >= 15 is 0 Å². The van der Waals surface area contributed by atoms with Crippen LogP contribution in [0.1, 0.15) is 52.0 Å². The lowest BCUT2D eigenvalue weighted by molar-refractivity contribution is 0.0697. The third kappa shape index (κ3) is 4.57. The zero-order valence-electron chi connectivity index (χ0n) is 17.5. The van der Waals surface area contributed by atoms with E-state index in [-0.39, 0.29) is 16.1 Å². The fraction of sp³-hybridized carbons (Fsp3) is 0.148. The Morgan fingerprint density at radius 2 is 1.68 bits per heavy atom. The van der Waals surface area contributed by atoms with Gasteiger partial charge in [-0.2, -0.15) is 0 Å². The summed E-state index contributed by atoms with van der Waals surface area (Å²) in [5.74, 6) is 4.52. The summed E-state index contributed by atoms with van der Waals surface area (Å²) in [4.78, 5) is 11.9. The second-order valence-electron chi connectivity index (χ2n) is 8.09. The van der Waals surface area contributed by atoms with Crippen molar-refractivity contribution in [1.82, 2.24) is 0 Å². The Kier molecular flexibility index (Phi) is 5.47. The number of carbonyl (C=O) groups is 1. The first-order valence-electron chi connectivity index (χ1n) is 9.90. The van der Waals surface area contributed by atoms with Gasteiger partial charge < -0.3 is 5.11 Å². The monoisotopic (exact) mass is 428 g/mol. The molecule has 4 rings (SSSR count). The second kappa shape index (κ2) is 8.09. The van der Waals surface area contributed by atoms with Gasteiger partial charge in [0.2, 0.25) is 0 Å². The molecule has 31 heavy (non-hydrogen) atoms. The zero-order chi connectivity index (χ0) is 22.2. The predicted molar refractivity (Wildman–Crippen MR) is 124 cm³/mol. The number of thioether (sulfide) groups is 1. The SMILES string of the molecule is Cc1ccc(C2=CC(C)(C)Sc3cc(F)c(C#Cc4ccc(C(=O)O)cc4)cc32)cc1. The lowest BCUT2D eigenvalue weighted by Crippen LogP contribution is -2.16. The van der Waals surface area contributed by atoms with Crippen molar-refractivity contribution in [2.75, 3.05) is 0 Å². The van der Waals surface area contributed by atoms with E-state index in [9.17, 15) is 9.18 Å². The van der Waals surface area contributed by atoms with E-state index in [1.54, 1.807) is 30.0 Å². The molecule has 0 aromatic heterocycles. The molecule has 0 saturated carbocycles. The maximum Gasteiger partial charge on any atom is 0.335 e. The number of hydrogen-bond acceptors (Lipinski definition) is 2. The zero-order valence-corrected chi connectivity index (χ0v) is 18.3. The minimum absolute atomic E-state index is 0.154. The first-order valence-corrected chi connectivity index (χ1v) is 10.7. The Morgan fingerprint density at radius 1 is 1.00 bits per heavy atom. The predicted octanol–water partition coefficient (Wildman–Crippen LogP) is 6.55. The van der Waals surface area contributed by atoms with Crippen molar-refractivity contribution in [2.24, 2.45) is 0 Å². The van der Waals surface area contributed by atoms with Gasteiger partial charge in [-0.15, -0.1) is 11.8 Å². The molecule has 0 spiro atoms. The minimum Gasteiger partial charge on any atom is -0.478 e. The van der Waals surface area contributed by atoms with E-state index in [1.807, 2.05) is 6.07 Å². The smallest absolute Gasteiger partial charge is 0.335 e. The molecule has 4 heteroatoms. The number of carboxylic acid groups (broad SMARTS) is 1. The Labute approximate surface area is 185 Å². The van der Waals surface area contributed by atoms with Crippen molar-refractivity contribution in [3.05, 3.63) is 106 Å². The second-order valence-corrected chi connectivity index (χ2v) is 9.79. The summed E-state index contributed by atoms with van der Waals surface area (Å²) in [5, 5.41) is 9.01. The van der Waals surface area contributed by atoms with Crippen LogP contribution in [-0.4, -0.2) is 15.8 Å². The quantitative estimate of drug-likeness (QED) is 0.471. The summed E-state index contributed by atoms with van der Waals surface area (Å²) in [6.07, 6.45) is 2.23. The Bertz CT molecular complexity index is 1260. The Balaban J connectivity index is 1.76. The number of benzene rings is 3. The normalized spacial score (nSPS) is 14.1. The van der Waals surface area contributed by atoms with Gasteiger partial charge in [-0.25, -0.2) is 9.18 Å². The van der Waals surface area contributed by atoms with Crippen LogP contribution in [-0.2, 0) is 0 Å². The molecule has 3 aromatic carbocycles. The number of aromatic carboxylic acids is 1. The fourth-order valence-corrected chi connectivity index (χ4v) is 4.68. The third-order valence-corrected chi connectivity index (χ3v) is 6.26. The van der Waals surface area contributed by atoms with Crippen molar-refractivity contribution in [3.63, 3.8) is 0 Å². The minimum atomic E-state index is -0.990. The van der Waals surface area contributed by atoms with Crippen LogP contribution in [0.15, 0.2) is 71.6 Å². The number of hydrogen-bond donors (Lipinski definition) is 1. The number of fused-ring (bicyclic) bond motifs is 1. The van der Waals surface area contributed by atoms with Crippen molar-refractivity contribution < 1.29 is 14.3 Å². The summed E-state index contributed by atoms with van der Waals surface area (Å²) >= 11 is 1.64. The number of halogens is 1. The average molecular weight is 429 g/mol. The first-order chi connectivity index (χ1) is 14.7. The molecule has 1 N–H and O–H groups in total. The molecule has 0 unspecified atom stereocenters. The molecule has 0 bridgehead atoms. The van der Waals surface area contributed by atoms with E-state index in [1.165, 1.54) is 17.7 Å². The molecule has 0 fully saturated rings. The fourth-order valence-electron chi connectivity index (χ4n) is 3.49. The lowest BCUT2D eigenvalue weighted by atomic mass is 9.92. The van der Waals surface area contributed by atoms with Gasteiger partial charge in [0, 0.05) is 15.2 Å². The molecule has 0 saturated heterocycles. The molecule has 0 atom stereocenters. The van der Waals surface area contributed by atoms with Crippen LogP contribution in [0.4, 0.5) is 4.39 Å². The summed E-state index contributed by atoms with van der Waals surface area (Å²) in [6.45, 7) is 6.31. The van der Waals surface area contributed by atoms with Gasteiger partial charge in [0.25, 0.3) is 0 Å². The van der Waals surface area contributed by atoms with E-state index in [0.29, 0.717) is 11.1 Å². The highest BCUT2D eigenvalue weighted by Crippen LogP contribution is 2.46. The average Bonchev–Trinajstić information content (AvgIpc) is 2.72. The summed E-state index contributed by atoms with van der Waals surface area (Å²) in [5.41, 5.74) is 5.47. The van der Waals surface area contributed by atoms with Crippen molar-refractivity contribution >= 4 is 23.3 Å². The highest BCUT2D eigenvalue weighted by atomic mass is 32.2. The van der Waals surface area contributed by atoms with Gasteiger partial charge in [0.15, 0.2) is 0 Å². The van der Waals surface area contributed by atoms with Crippen molar-refractivity contribution in [2.45, 2.75) is 30.4 Å². The van der Waals surface area contributed by atoms with E-state index < -0.39 is 5.97 Å². The summed E-state index contributed by atoms with van der Waals surface area (Å²) < 4.78 is 14.7. The van der Waals surface area contributed by atoms with Crippen LogP contribution in [0.3, 0.4) is 0 Å². The van der Waals surface area contributed by atoms with Crippen LogP contribution < -0.4 is 0 Å². The molecule has 1 aliphatic rings. The number of aryl methyl sites for hydroxylation is 1. The van der Waals surface area contributed by atoms with Gasteiger partial charge in [-0.1, -0.05) is 47.7 Å². The van der Waals surface area contributed by atoms with Gasteiger partial charge >= 0.3 is 5.97 Å². The van der Waals surface area contributed by atoms with Gasteiger partial charge in [-0.3, -0.25) is 0 Å². The van der Waals surface area contributed by atoms with Crippen molar-refractivity contribution in [3.8, 4) is 11.8 Å². The Hall–Kier alpha value is -3.29. The lowest BCUT2D eigenvalue weighted by Gasteiger charge is -2.29. The molecular weight excluding hydrogens is 407 g/mol. The number of rotatable bonds is 2. The third-order valence-electron chi connectivity index (χ3n) is 5.06. The van der Waals surface area contributed by atoms with Gasteiger partial charge in [0.1, 0.15) is 5.82 Å². The molecule has 2 nitrogen and oxygen atoms in total. The van der Waals surface area contributed by atoms with E-state index in [4.69, 9.17) is 5.11 Å². The van der Waals surface area contributed by atoms with Gasteiger partial charge in [0.05, 0.1) is 11.1 Å². The molecule has 1 aliphatic heterocycles. The van der Waals surface area contributed by atoms with Crippen LogP contribution >= 0.6 is 11.8 Å². The number of carboxylic acids is 1. The largest absolute Gasteiger partial charge is 0.478 e. The summed E-state index contributed by atoms with van der Waals surface area (Å²) in [6, 6.07) is 18.0. The molecule has 0 radical (unpaired) electrons. The van der Waals surface area contributed by atoms with Crippen molar-refractivity contribution in [1.29, 1.82) is 0 Å². The van der Waals surface area contributed by atoms with E-state index in [0.717, 1.165) is 21.6 Å². The van der Waals surface area contributed by atoms with Crippen LogP contribution in [0, 0.1) is 24.6 Å². The summed E-state index contributed by atoms with van der Waals surface area (Å²) in [7, 11) is 0. The molecule has 0 aliphatic carbocycles. The van der Waals surface area contributed by atoms with E-state index in [2.05, 4.69) is 63.0 Å². The molecule has 154 valence electrons. The maximum absolute atomic E-state index is 14.9. The molecular formula is C27H21FO2S. The Morgan fingerprint density at radius 3 is 2.32 bits per heavy atom. The standard InChI is InChI=1S/C27H21FO2S/c1-17-4-9-19(10-5-17)23-16-27(2,3)31-25-15-24(28)21(14-22(23)25)13-8-18-6-11-20(12-7-18)26(29)30/h4-7,9-12,14-16H,1-3H3,(H,29,30). The van der Waals surface area contributed by atoms with Crippen LogP contribution in [0.5, 0.6) is 0 Å². The first kappa shape index (κ1) is 21.0. The van der Waals surface area contributed by atoms with Crippen LogP contribution in [0.2, 0.25) is 0 Å². The highest BCUT2D eigenvalue weighted by Gasteiger charge is 2.28. The highest BCUT2D eigenvalue weighted by molar-refractivity contribution is 8.01. The van der Waals surface area contributed by atoms with Crippen LogP contribution in [0.25, 0.3) is 5.57 Å².